The van der Waals surface area contributed by atoms with E-state index in [0.717, 1.165) is 46.4 Å². The van der Waals surface area contributed by atoms with Crippen molar-refractivity contribution in [2.45, 2.75) is 19.4 Å². The summed E-state index contributed by atoms with van der Waals surface area (Å²) < 4.78 is 6.79. The maximum atomic E-state index is 12.8. The number of fused-ring (bicyclic) bond motifs is 4. The Bertz CT molecular complexity index is 1550. The van der Waals surface area contributed by atoms with Crippen molar-refractivity contribution in [2.75, 3.05) is 12.8 Å². The fraction of sp³-hybridized carbons (Fsp3) is 0.160. The van der Waals surface area contributed by atoms with Gasteiger partial charge in [0.1, 0.15) is 17.1 Å². The van der Waals surface area contributed by atoms with Crippen molar-refractivity contribution >= 4 is 22.8 Å². The Kier molecular flexibility index (Phi) is 4.91. The largest absolute Gasteiger partial charge is 0.497 e. The average molecular weight is 467 g/mol. The monoisotopic (exact) mass is 466 g/mol. The van der Waals surface area contributed by atoms with E-state index >= 15 is 0 Å². The molecule has 3 heterocycles. The Morgan fingerprint density at radius 1 is 1.17 bits per heavy atom. The van der Waals surface area contributed by atoms with Crippen LogP contribution in [-0.2, 0) is 19.4 Å². The first-order chi connectivity index (χ1) is 17.1. The summed E-state index contributed by atoms with van der Waals surface area (Å²) in [6.07, 6.45) is 5.09. The minimum Gasteiger partial charge on any atom is -0.497 e. The molecule has 1 aliphatic rings. The smallest absolute Gasteiger partial charge is 0.257 e. The first kappa shape index (κ1) is 20.8. The zero-order valence-corrected chi connectivity index (χ0v) is 18.9. The number of para-hydroxylation sites is 2. The fourth-order valence-corrected chi connectivity index (χ4v) is 4.34. The molecule has 1 aliphatic carbocycles. The van der Waals surface area contributed by atoms with Crippen molar-refractivity contribution in [3.63, 3.8) is 0 Å². The van der Waals surface area contributed by atoms with E-state index in [9.17, 15) is 4.79 Å². The third-order valence-corrected chi connectivity index (χ3v) is 6.13. The van der Waals surface area contributed by atoms with Crippen LogP contribution in [0.3, 0.4) is 0 Å². The van der Waals surface area contributed by atoms with Gasteiger partial charge in [-0.2, -0.15) is 0 Å². The molecule has 5 aromatic rings. The number of aromatic nitrogens is 6. The van der Waals surface area contributed by atoms with Crippen LogP contribution in [0.2, 0.25) is 0 Å². The van der Waals surface area contributed by atoms with Gasteiger partial charge in [0.2, 0.25) is 0 Å². The zero-order valence-electron chi connectivity index (χ0n) is 18.9. The summed E-state index contributed by atoms with van der Waals surface area (Å²) in [5.41, 5.74) is 12.2. The number of hydrogen-bond acceptors (Lipinski definition) is 7. The lowest BCUT2D eigenvalue weighted by atomic mass is 9.90. The quantitative estimate of drug-likeness (QED) is 0.362. The number of hydrogen-bond donors (Lipinski definition) is 3. The summed E-state index contributed by atoms with van der Waals surface area (Å²) in [5.74, 6) is 1.55. The molecule has 1 amide bonds. The van der Waals surface area contributed by atoms with Crippen LogP contribution in [0, 0.1) is 0 Å². The number of nitrogen functional groups attached to an aromatic ring is 1. The predicted molar refractivity (Wildman–Crippen MR) is 130 cm³/mol. The van der Waals surface area contributed by atoms with Crippen LogP contribution >= 0.6 is 0 Å². The van der Waals surface area contributed by atoms with Crippen molar-refractivity contribution in [3.05, 3.63) is 77.4 Å². The maximum Gasteiger partial charge on any atom is 0.257 e. The third kappa shape index (κ3) is 3.74. The van der Waals surface area contributed by atoms with E-state index in [1.165, 1.54) is 10.2 Å². The number of amides is 1. The van der Waals surface area contributed by atoms with Crippen molar-refractivity contribution < 1.29 is 9.53 Å². The van der Waals surface area contributed by atoms with Gasteiger partial charge in [-0.1, -0.05) is 12.1 Å². The molecule has 0 unspecified atom stereocenters. The van der Waals surface area contributed by atoms with Gasteiger partial charge in [0, 0.05) is 18.0 Å². The first-order valence-electron chi connectivity index (χ1n) is 11.2. The first-order valence-corrected chi connectivity index (χ1v) is 11.2. The zero-order chi connectivity index (χ0) is 23.9. The normalized spacial score (nSPS) is 12.3. The molecule has 4 N–H and O–H groups in total. The highest BCUT2D eigenvalue weighted by molar-refractivity contribution is 5.98. The average Bonchev–Trinajstić information content (AvgIpc) is 3.49. The lowest BCUT2D eigenvalue weighted by Gasteiger charge is -2.19. The van der Waals surface area contributed by atoms with Crippen LogP contribution in [0.1, 0.15) is 27.3 Å². The number of nitrogens with two attached hydrogens (primary N) is 1. The van der Waals surface area contributed by atoms with E-state index in [4.69, 9.17) is 15.5 Å². The van der Waals surface area contributed by atoms with E-state index in [1.807, 2.05) is 48.7 Å². The fourth-order valence-electron chi connectivity index (χ4n) is 4.34. The Balaban J connectivity index is 1.25. The van der Waals surface area contributed by atoms with Gasteiger partial charge >= 0.3 is 0 Å². The molecule has 0 saturated heterocycles. The SMILES string of the molecule is COc1ccc2c(c1)CCc1cnc(-n3cc(C(=O)NCc4nc5ccccc5[nH]4)c(N)n3)nc1-2. The molecule has 0 radical (unpaired) electrons. The number of carbonyl (C=O) groups excluding carboxylic acids is 1. The molecule has 174 valence electrons. The molecule has 2 aromatic carbocycles. The number of H-pyrrole nitrogens is 1. The number of carbonyl (C=O) groups is 1. The second-order valence-electron chi connectivity index (χ2n) is 8.32. The molecule has 0 fully saturated rings. The number of anilines is 1. The van der Waals surface area contributed by atoms with Crippen molar-refractivity contribution in [1.82, 2.24) is 35.0 Å². The van der Waals surface area contributed by atoms with Crippen molar-refractivity contribution in [2.24, 2.45) is 0 Å². The second-order valence-corrected chi connectivity index (χ2v) is 8.32. The van der Waals surface area contributed by atoms with Gasteiger partial charge < -0.3 is 20.8 Å². The Labute approximate surface area is 200 Å². The summed E-state index contributed by atoms with van der Waals surface area (Å²) in [7, 11) is 1.66. The molecular weight excluding hydrogens is 444 g/mol. The molecule has 0 atom stereocenters. The Hall–Kier alpha value is -4.73. The number of aryl methyl sites for hydroxylation is 2. The van der Waals surface area contributed by atoms with E-state index < -0.39 is 0 Å². The molecule has 10 heteroatoms. The summed E-state index contributed by atoms with van der Waals surface area (Å²) in [5, 5.41) is 7.13. The summed E-state index contributed by atoms with van der Waals surface area (Å²) in [6.45, 7) is 0.230. The van der Waals surface area contributed by atoms with Crippen molar-refractivity contribution in [3.8, 4) is 23.0 Å². The molecule has 0 spiro atoms. The molecule has 6 rings (SSSR count). The number of methoxy groups -OCH3 is 1. The molecule has 0 saturated carbocycles. The van der Waals surface area contributed by atoms with Crippen LogP contribution in [-0.4, -0.2) is 42.7 Å². The standard InChI is InChI=1S/C25H22N8O2/c1-35-16-8-9-17-14(10-16)6-7-15-11-28-25(31-22(15)17)33-13-18(23(26)32-33)24(34)27-12-21-29-19-4-2-3-5-20(19)30-21/h2-5,8-11,13H,6-7,12H2,1H3,(H2,26,32)(H,27,34)(H,29,30). The second kappa shape index (κ2) is 8.24. The maximum absolute atomic E-state index is 12.8. The summed E-state index contributed by atoms with van der Waals surface area (Å²) in [6, 6.07) is 13.7. The van der Waals surface area contributed by atoms with Gasteiger partial charge in [0.05, 0.1) is 30.4 Å². The van der Waals surface area contributed by atoms with E-state index in [0.29, 0.717) is 11.8 Å². The molecule has 0 bridgehead atoms. The van der Waals surface area contributed by atoms with Gasteiger partial charge in [-0.3, -0.25) is 4.79 Å². The highest BCUT2D eigenvalue weighted by atomic mass is 16.5. The highest BCUT2D eigenvalue weighted by Crippen LogP contribution is 2.34. The lowest BCUT2D eigenvalue weighted by Crippen LogP contribution is -2.23. The number of aromatic amines is 1. The van der Waals surface area contributed by atoms with Crippen molar-refractivity contribution in [1.29, 1.82) is 0 Å². The van der Waals surface area contributed by atoms with E-state index in [-0.39, 0.29) is 23.8 Å². The molecule has 35 heavy (non-hydrogen) atoms. The number of imidazole rings is 1. The summed E-state index contributed by atoms with van der Waals surface area (Å²) >= 11 is 0. The van der Waals surface area contributed by atoms with Crippen LogP contribution in [0.5, 0.6) is 5.75 Å². The molecular formula is C25H22N8O2. The van der Waals surface area contributed by atoms with Crippen LogP contribution in [0.4, 0.5) is 5.82 Å². The van der Waals surface area contributed by atoms with Crippen LogP contribution in [0.25, 0.3) is 28.2 Å². The van der Waals surface area contributed by atoms with E-state index in [1.54, 1.807) is 13.3 Å². The molecule has 10 nitrogen and oxygen atoms in total. The minimum absolute atomic E-state index is 0.0959. The van der Waals surface area contributed by atoms with Crippen LogP contribution in [0.15, 0.2) is 54.9 Å². The van der Waals surface area contributed by atoms with Gasteiger partial charge in [-0.25, -0.2) is 19.6 Å². The van der Waals surface area contributed by atoms with E-state index in [2.05, 4.69) is 25.4 Å². The number of rotatable bonds is 5. The number of nitrogens with one attached hydrogen (secondary N) is 2. The third-order valence-electron chi connectivity index (χ3n) is 6.13. The van der Waals surface area contributed by atoms with Crippen LogP contribution < -0.4 is 15.8 Å². The van der Waals surface area contributed by atoms with Gasteiger partial charge in [-0.15, -0.1) is 5.10 Å². The number of benzene rings is 2. The van der Waals surface area contributed by atoms with Gasteiger partial charge in [0.25, 0.3) is 11.9 Å². The minimum atomic E-state index is -0.357. The molecule has 3 aromatic heterocycles. The van der Waals surface area contributed by atoms with Gasteiger partial charge in [0.15, 0.2) is 5.82 Å². The topological polar surface area (TPSA) is 137 Å². The lowest BCUT2D eigenvalue weighted by molar-refractivity contribution is 0.0951. The predicted octanol–water partition coefficient (Wildman–Crippen LogP) is 2.83. The Morgan fingerprint density at radius 2 is 2.03 bits per heavy atom. The number of ether oxygens (including phenoxy) is 1. The highest BCUT2D eigenvalue weighted by Gasteiger charge is 2.21. The number of nitrogens with zero attached hydrogens (tertiary/aromatic N) is 5. The van der Waals surface area contributed by atoms with Gasteiger partial charge in [-0.05, 0) is 54.3 Å². The summed E-state index contributed by atoms with van der Waals surface area (Å²) in [4.78, 5) is 29.7. The molecule has 0 aliphatic heterocycles. The Morgan fingerprint density at radius 3 is 2.89 bits per heavy atom.